The van der Waals surface area contributed by atoms with E-state index in [4.69, 9.17) is 4.74 Å². The van der Waals surface area contributed by atoms with Crippen molar-refractivity contribution in [2.45, 2.75) is 44.9 Å². The molecule has 150 valence electrons. The zero-order valence-corrected chi connectivity index (χ0v) is 16.4. The van der Waals surface area contributed by atoms with Crippen LogP contribution in [0, 0.1) is 5.41 Å². The number of carbonyl (C=O) groups is 1. The summed E-state index contributed by atoms with van der Waals surface area (Å²) in [5.74, 6) is 0.0988. The second kappa shape index (κ2) is 9.64. The summed E-state index contributed by atoms with van der Waals surface area (Å²) >= 11 is 0. The van der Waals surface area contributed by atoms with Gasteiger partial charge in [0.25, 0.3) is 0 Å². The molecule has 0 bridgehead atoms. The van der Waals surface area contributed by atoms with Gasteiger partial charge < -0.3 is 20.5 Å². The minimum atomic E-state index is -0.419. The second-order valence-corrected chi connectivity index (χ2v) is 7.92. The topological polar surface area (TPSA) is 73.8 Å². The molecule has 0 aromatic heterocycles. The third kappa shape index (κ3) is 5.29. The Morgan fingerprint density at radius 2 is 1.93 bits per heavy atom. The standard InChI is InChI=1S/C21H33N3O3/c1-27-16-21(8-10-22-11-9-21)20(26)23-14-17-4-2-3-5-18(17)15-24-12-6-19(25)7-13-24/h2-5,19,22,25H,6-16H2,1H3,(H,23,26). The molecule has 2 saturated heterocycles. The highest BCUT2D eigenvalue weighted by molar-refractivity contribution is 5.83. The van der Waals surface area contributed by atoms with Crippen LogP contribution in [0.2, 0.25) is 0 Å². The third-order valence-corrected chi connectivity index (χ3v) is 5.97. The van der Waals surface area contributed by atoms with E-state index < -0.39 is 5.41 Å². The van der Waals surface area contributed by atoms with Gasteiger partial charge in [-0.1, -0.05) is 24.3 Å². The Bertz CT molecular complexity index is 603. The lowest BCUT2D eigenvalue weighted by Crippen LogP contribution is -2.50. The Kier molecular flexibility index (Phi) is 7.24. The molecule has 0 unspecified atom stereocenters. The minimum Gasteiger partial charge on any atom is -0.393 e. The molecule has 0 atom stereocenters. The molecule has 2 fully saturated rings. The Balaban J connectivity index is 1.61. The van der Waals surface area contributed by atoms with Crippen LogP contribution in [0.4, 0.5) is 0 Å². The van der Waals surface area contributed by atoms with Gasteiger partial charge in [-0.25, -0.2) is 0 Å². The zero-order valence-electron chi connectivity index (χ0n) is 16.4. The first-order valence-electron chi connectivity index (χ1n) is 10.1. The van der Waals surface area contributed by atoms with Crippen LogP contribution in [0.3, 0.4) is 0 Å². The first-order valence-corrected chi connectivity index (χ1v) is 10.1. The lowest BCUT2D eigenvalue weighted by atomic mass is 9.78. The Morgan fingerprint density at radius 1 is 1.26 bits per heavy atom. The molecule has 0 saturated carbocycles. The van der Waals surface area contributed by atoms with E-state index in [2.05, 4.69) is 33.7 Å². The number of hydrogen-bond acceptors (Lipinski definition) is 5. The lowest BCUT2D eigenvalue weighted by Gasteiger charge is -2.35. The smallest absolute Gasteiger partial charge is 0.228 e. The summed E-state index contributed by atoms with van der Waals surface area (Å²) < 4.78 is 5.38. The van der Waals surface area contributed by atoms with Crippen molar-refractivity contribution in [2.24, 2.45) is 5.41 Å². The highest BCUT2D eigenvalue weighted by Crippen LogP contribution is 2.29. The highest BCUT2D eigenvalue weighted by Gasteiger charge is 2.39. The number of carbonyl (C=O) groups excluding carboxylic acids is 1. The molecule has 2 aliphatic heterocycles. The van der Waals surface area contributed by atoms with Crippen LogP contribution >= 0.6 is 0 Å². The maximum atomic E-state index is 13.0. The molecule has 3 N–H and O–H groups in total. The number of nitrogens with zero attached hydrogens (tertiary/aromatic N) is 1. The number of likely N-dealkylation sites (tertiary alicyclic amines) is 1. The molecule has 2 heterocycles. The molecule has 6 nitrogen and oxygen atoms in total. The summed E-state index contributed by atoms with van der Waals surface area (Å²) in [6.07, 6.45) is 3.14. The van der Waals surface area contributed by atoms with E-state index in [1.807, 2.05) is 6.07 Å². The van der Waals surface area contributed by atoms with Crippen LogP contribution in [0.15, 0.2) is 24.3 Å². The van der Waals surface area contributed by atoms with Crippen LogP contribution in [-0.4, -0.2) is 61.9 Å². The molecule has 0 radical (unpaired) electrons. The Morgan fingerprint density at radius 3 is 2.59 bits per heavy atom. The summed E-state index contributed by atoms with van der Waals surface area (Å²) in [6, 6.07) is 8.32. The van der Waals surface area contributed by atoms with Crippen LogP contribution in [0.25, 0.3) is 0 Å². The second-order valence-electron chi connectivity index (χ2n) is 7.92. The zero-order chi connectivity index (χ0) is 19.1. The number of aliphatic hydroxyl groups is 1. The molecule has 6 heteroatoms. The average Bonchev–Trinajstić information content (AvgIpc) is 2.70. The van der Waals surface area contributed by atoms with E-state index in [-0.39, 0.29) is 12.0 Å². The molecule has 1 aromatic carbocycles. The number of methoxy groups -OCH3 is 1. The van der Waals surface area contributed by atoms with Crippen molar-refractivity contribution in [3.63, 3.8) is 0 Å². The molecule has 0 aliphatic carbocycles. The fraction of sp³-hybridized carbons (Fsp3) is 0.667. The van der Waals surface area contributed by atoms with Gasteiger partial charge in [0.15, 0.2) is 0 Å². The first kappa shape index (κ1) is 20.3. The van der Waals surface area contributed by atoms with Gasteiger partial charge >= 0.3 is 0 Å². The molecule has 27 heavy (non-hydrogen) atoms. The Labute approximate surface area is 162 Å². The lowest BCUT2D eigenvalue weighted by molar-refractivity contribution is -0.136. The number of nitrogens with one attached hydrogen (secondary N) is 2. The van der Waals surface area contributed by atoms with Gasteiger partial charge in [-0.2, -0.15) is 0 Å². The van der Waals surface area contributed by atoms with E-state index in [0.717, 1.165) is 58.4 Å². The van der Waals surface area contributed by atoms with Crippen LogP contribution in [0.1, 0.15) is 36.8 Å². The summed E-state index contributed by atoms with van der Waals surface area (Å²) in [4.78, 5) is 15.3. The van der Waals surface area contributed by atoms with Gasteiger partial charge in [-0.15, -0.1) is 0 Å². The molecule has 1 amide bonds. The number of rotatable bonds is 7. The van der Waals surface area contributed by atoms with E-state index in [1.54, 1.807) is 7.11 Å². The number of hydrogen-bond donors (Lipinski definition) is 3. The van der Waals surface area contributed by atoms with Crippen molar-refractivity contribution in [2.75, 3.05) is 39.9 Å². The van der Waals surface area contributed by atoms with E-state index in [9.17, 15) is 9.90 Å². The van der Waals surface area contributed by atoms with Gasteiger partial charge in [0.1, 0.15) is 0 Å². The van der Waals surface area contributed by atoms with Gasteiger partial charge in [-0.3, -0.25) is 9.69 Å². The molecule has 3 rings (SSSR count). The van der Waals surface area contributed by atoms with Crippen molar-refractivity contribution in [1.82, 2.24) is 15.5 Å². The molecule has 0 spiro atoms. The fourth-order valence-corrected chi connectivity index (χ4v) is 4.18. The highest BCUT2D eigenvalue weighted by atomic mass is 16.5. The fourth-order valence-electron chi connectivity index (χ4n) is 4.18. The maximum Gasteiger partial charge on any atom is 0.228 e. The van der Waals surface area contributed by atoms with Crippen LogP contribution in [0.5, 0.6) is 0 Å². The van der Waals surface area contributed by atoms with Gasteiger partial charge in [0.2, 0.25) is 5.91 Å². The van der Waals surface area contributed by atoms with E-state index >= 15 is 0 Å². The van der Waals surface area contributed by atoms with Crippen molar-refractivity contribution in [3.8, 4) is 0 Å². The van der Waals surface area contributed by atoms with Crippen molar-refractivity contribution in [1.29, 1.82) is 0 Å². The van der Waals surface area contributed by atoms with Crippen LogP contribution < -0.4 is 10.6 Å². The van der Waals surface area contributed by atoms with Crippen molar-refractivity contribution in [3.05, 3.63) is 35.4 Å². The normalized spacial score (nSPS) is 21.1. The predicted octanol–water partition coefficient (Wildman–Crippen LogP) is 1.28. The summed E-state index contributed by atoms with van der Waals surface area (Å²) in [7, 11) is 1.67. The van der Waals surface area contributed by atoms with E-state index in [0.29, 0.717) is 13.2 Å². The summed E-state index contributed by atoms with van der Waals surface area (Å²) in [6.45, 7) is 5.44. The quantitative estimate of drug-likeness (QED) is 0.669. The van der Waals surface area contributed by atoms with Gasteiger partial charge in [0.05, 0.1) is 18.1 Å². The average molecular weight is 376 g/mol. The SMILES string of the molecule is COCC1(C(=O)NCc2ccccc2CN2CCC(O)CC2)CCNCC1. The van der Waals surface area contributed by atoms with Crippen LogP contribution in [-0.2, 0) is 22.6 Å². The molecule has 2 aliphatic rings. The van der Waals surface area contributed by atoms with Gasteiger partial charge in [0, 0.05) is 33.3 Å². The summed E-state index contributed by atoms with van der Waals surface area (Å²) in [5, 5.41) is 16.2. The summed E-state index contributed by atoms with van der Waals surface area (Å²) in [5.41, 5.74) is 2.00. The molecular weight excluding hydrogens is 342 g/mol. The third-order valence-electron chi connectivity index (χ3n) is 5.97. The number of ether oxygens (including phenoxy) is 1. The van der Waals surface area contributed by atoms with Crippen molar-refractivity contribution >= 4 is 5.91 Å². The van der Waals surface area contributed by atoms with Gasteiger partial charge in [-0.05, 0) is 49.9 Å². The number of amides is 1. The number of piperidine rings is 2. The number of aliphatic hydroxyl groups excluding tert-OH is 1. The minimum absolute atomic E-state index is 0.0988. The van der Waals surface area contributed by atoms with Crippen molar-refractivity contribution < 1.29 is 14.6 Å². The maximum absolute atomic E-state index is 13.0. The molecular formula is C21H33N3O3. The van der Waals surface area contributed by atoms with E-state index in [1.165, 1.54) is 11.1 Å². The Hall–Kier alpha value is -1.47. The largest absolute Gasteiger partial charge is 0.393 e. The molecule has 1 aromatic rings. The first-order chi connectivity index (χ1) is 13.1. The number of benzene rings is 1. The monoisotopic (exact) mass is 375 g/mol. The predicted molar refractivity (Wildman–Crippen MR) is 105 cm³/mol.